The summed E-state index contributed by atoms with van der Waals surface area (Å²) >= 11 is 6.20. The molecule has 0 aromatic heterocycles. The quantitative estimate of drug-likeness (QED) is 0.796. The summed E-state index contributed by atoms with van der Waals surface area (Å²) in [5, 5.41) is 3.97. The van der Waals surface area contributed by atoms with Crippen LogP contribution in [0.5, 0.6) is 11.5 Å². The highest BCUT2D eigenvalue weighted by Crippen LogP contribution is 2.36. The van der Waals surface area contributed by atoms with Crippen molar-refractivity contribution in [3.05, 3.63) is 22.7 Å². The molecule has 0 saturated carbocycles. The van der Waals surface area contributed by atoms with Crippen LogP contribution in [0.25, 0.3) is 0 Å². The molecule has 1 aromatic rings. The van der Waals surface area contributed by atoms with Crippen molar-refractivity contribution in [2.45, 2.75) is 27.3 Å². The van der Waals surface area contributed by atoms with Crippen LogP contribution in [0.1, 0.15) is 26.3 Å². The SMILES string of the molecule is CCOc1c(Cl)cc(CNCC(C)C)cc1OC.[Cl-]. The molecule has 0 fully saturated rings. The summed E-state index contributed by atoms with van der Waals surface area (Å²) in [6.45, 7) is 8.61. The van der Waals surface area contributed by atoms with Crippen LogP contribution in [0.15, 0.2) is 12.1 Å². The minimum atomic E-state index is 0. The van der Waals surface area contributed by atoms with E-state index < -0.39 is 0 Å². The minimum absolute atomic E-state index is 0. The van der Waals surface area contributed by atoms with Crippen molar-refractivity contribution in [1.82, 2.24) is 5.32 Å². The molecule has 0 radical (unpaired) electrons. The normalized spacial score (nSPS) is 10.2. The summed E-state index contributed by atoms with van der Waals surface area (Å²) in [6.07, 6.45) is 0. The van der Waals surface area contributed by atoms with Gasteiger partial charge in [-0.15, -0.1) is 0 Å². The van der Waals surface area contributed by atoms with E-state index >= 15 is 0 Å². The van der Waals surface area contributed by atoms with E-state index in [2.05, 4.69) is 19.2 Å². The first-order valence-corrected chi connectivity index (χ1v) is 6.66. The van der Waals surface area contributed by atoms with Crippen LogP contribution in [-0.2, 0) is 6.54 Å². The molecule has 0 aliphatic rings. The van der Waals surface area contributed by atoms with E-state index in [1.165, 1.54) is 0 Å². The highest BCUT2D eigenvalue weighted by atomic mass is 35.5. The number of rotatable bonds is 7. The highest BCUT2D eigenvalue weighted by molar-refractivity contribution is 6.32. The Morgan fingerprint density at radius 2 is 2.00 bits per heavy atom. The topological polar surface area (TPSA) is 30.5 Å². The Morgan fingerprint density at radius 3 is 2.53 bits per heavy atom. The van der Waals surface area contributed by atoms with E-state index in [1.54, 1.807) is 7.11 Å². The number of hydrogen-bond donors (Lipinski definition) is 1. The van der Waals surface area contributed by atoms with Gasteiger partial charge in [0.1, 0.15) is 0 Å². The van der Waals surface area contributed by atoms with Gasteiger partial charge in [-0.2, -0.15) is 0 Å². The number of hydrogen-bond acceptors (Lipinski definition) is 3. The standard InChI is InChI=1S/C14H22ClNO2.ClH/c1-5-18-14-12(15)6-11(7-13(14)17-4)9-16-8-10(2)3;/h6-7,10,16H,5,8-9H2,1-4H3;1H/p-1. The molecule has 19 heavy (non-hydrogen) atoms. The molecule has 5 heteroatoms. The maximum atomic E-state index is 6.20. The van der Waals surface area contributed by atoms with Crippen LogP contribution in [0, 0.1) is 5.92 Å². The fourth-order valence-corrected chi connectivity index (χ4v) is 1.95. The molecule has 1 rings (SSSR count). The van der Waals surface area contributed by atoms with Gasteiger partial charge in [-0.3, -0.25) is 0 Å². The number of halogens is 2. The van der Waals surface area contributed by atoms with Gasteiger partial charge in [-0.25, -0.2) is 0 Å². The molecule has 0 spiro atoms. The fourth-order valence-electron chi connectivity index (χ4n) is 1.66. The molecule has 0 saturated heterocycles. The van der Waals surface area contributed by atoms with Crippen LogP contribution in [-0.4, -0.2) is 20.3 Å². The Labute approximate surface area is 127 Å². The lowest BCUT2D eigenvalue weighted by Crippen LogP contribution is -3.00. The molecule has 0 amide bonds. The van der Waals surface area contributed by atoms with Gasteiger partial charge in [0.2, 0.25) is 0 Å². The number of nitrogens with one attached hydrogen (secondary N) is 1. The molecule has 3 nitrogen and oxygen atoms in total. The lowest BCUT2D eigenvalue weighted by atomic mass is 10.1. The minimum Gasteiger partial charge on any atom is -1.00 e. The predicted molar refractivity (Wildman–Crippen MR) is 75.7 cm³/mol. The average molecular weight is 307 g/mol. The molecule has 0 atom stereocenters. The van der Waals surface area contributed by atoms with Gasteiger partial charge < -0.3 is 27.2 Å². The van der Waals surface area contributed by atoms with E-state index in [9.17, 15) is 0 Å². The second-order valence-electron chi connectivity index (χ2n) is 4.57. The summed E-state index contributed by atoms with van der Waals surface area (Å²) in [4.78, 5) is 0. The lowest BCUT2D eigenvalue weighted by molar-refractivity contribution is -0.00000464. The smallest absolute Gasteiger partial charge is 0.179 e. The first-order chi connectivity index (χ1) is 8.58. The average Bonchev–Trinajstić information content (AvgIpc) is 2.31. The van der Waals surface area contributed by atoms with Crippen molar-refractivity contribution in [2.24, 2.45) is 5.92 Å². The zero-order valence-corrected chi connectivity index (χ0v) is 13.4. The molecular formula is C14H22Cl2NO2-. The van der Waals surface area contributed by atoms with Crippen molar-refractivity contribution >= 4 is 11.6 Å². The number of benzene rings is 1. The second kappa shape index (κ2) is 9.29. The maximum Gasteiger partial charge on any atom is 0.179 e. The Morgan fingerprint density at radius 1 is 1.32 bits per heavy atom. The van der Waals surface area contributed by atoms with Crippen LogP contribution in [0.4, 0.5) is 0 Å². The molecule has 0 unspecified atom stereocenters. The number of methoxy groups -OCH3 is 1. The van der Waals surface area contributed by atoms with E-state index in [1.807, 2.05) is 19.1 Å². The summed E-state index contributed by atoms with van der Waals surface area (Å²) in [5.41, 5.74) is 1.10. The Kier molecular flexibility index (Phi) is 8.98. The van der Waals surface area contributed by atoms with Crippen molar-refractivity contribution in [2.75, 3.05) is 20.3 Å². The third kappa shape index (κ3) is 5.89. The molecule has 1 N–H and O–H groups in total. The summed E-state index contributed by atoms with van der Waals surface area (Å²) in [5.74, 6) is 1.94. The van der Waals surface area contributed by atoms with Gasteiger partial charge in [0.05, 0.1) is 18.7 Å². The lowest BCUT2D eigenvalue weighted by Gasteiger charge is -2.14. The Bertz CT molecular complexity index is 384. The molecular weight excluding hydrogens is 285 g/mol. The molecule has 0 bridgehead atoms. The van der Waals surface area contributed by atoms with E-state index in [-0.39, 0.29) is 12.4 Å². The largest absolute Gasteiger partial charge is 1.00 e. The first-order valence-electron chi connectivity index (χ1n) is 6.28. The van der Waals surface area contributed by atoms with Gasteiger partial charge in [-0.05, 0) is 37.1 Å². The molecule has 0 aliphatic heterocycles. The van der Waals surface area contributed by atoms with Crippen molar-refractivity contribution < 1.29 is 21.9 Å². The van der Waals surface area contributed by atoms with Gasteiger partial charge in [0.15, 0.2) is 11.5 Å². The molecule has 110 valence electrons. The van der Waals surface area contributed by atoms with E-state index in [4.69, 9.17) is 21.1 Å². The van der Waals surface area contributed by atoms with Crippen molar-refractivity contribution in [3.63, 3.8) is 0 Å². The zero-order chi connectivity index (χ0) is 13.5. The first kappa shape index (κ1) is 18.4. The van der Waals surface area contributed by atoms with Crippen LogP contribution in [0.3, 0.4) is 0 Å². The fraction of sp³-hybridized carbons (Fsp3) is 0.571. The molecule has 1 aromatic carbocycles. The summed E-state index contributed by atoms with van der Waals surface area (Å²) in [6, 6.07) is 3.88. The second-order valence-corrected chi connectivity index (χ2v) is 4.97. The van der Waals surface area contributed by atoms with Gasteiger partial charge in [0, 0.05) is 6.54 Å². The molecule has 0 aliphatic carbocycles. The predicted octanol–water partition coefficient (Wildman–Crippen LogP) is 0.497. The monoisotopic (exact) mass is 306 g/mol. The van der Waals surface area contributed by atoms with Gasteiger partial charge in [-0.1, -0.05) is 25.4 Å². The van der Waals surface area contributed by atoms with Crippen LogP contribution in [0.2, 0.25) is 5.02 Å². The third-order valence-electron chi connectivity index (χ3n) is 2.46. The van der Waals surface area contributed by atoms with E-state index in [0.29, 0.717) is 29.0 Å². The third-order valence-corrected chi connectivity index (χ3v) is 2.74. The van der Waals surface area contributed by atoms with Gasteiger partial charge in [0.25, 0.3) is 0 Å². The van der Waals surface area contributed by atoms with Crippen LogP contribution < -0.4 is 27.2 Å². The van der Waals surface area contributed by atoms with Crippen LogP contribution >= 0.6 is 11.6 Å². The van der Waals surface area contributed by atoms with E-state index in [0.717, 1.165) is 18.7 Å². The maximum absolute atomic E-state index is 6.20. The summed E-state index contributed by atoms with van der Waals surface area (Å²) in [7, 11) is 1.62. The number of ether oxygens (including phenoxy) is 2. The van der Waals surface area contributed by atoms with Crippen molar-refractivity contribution in [3.8, 4) is 11.5 Å². The zero-order valence-electron chi connectivity index (χ0n) is 11.9. The Hall–Kier alpha value is -0.640. The Balaban J connectivity index is 0.00000324. The van der Waals surface area contributed by atoms with Gasteiger partial charge >= 0.3 is 0 Å². The summed E-state index contributed by atoms with van der Waals surface area (Å²) < 4.78 is 10.8. The molecule has 0 heterocycles. The van der Waals surface area contributed by atoms with Crippen molar-refractivity contribution in [1.29, 1.82) is 0 Å². The highest BCUT2D eigenvalue weighted by Gasteiger charge is 2.11.